The standard InChI is InChI=1S/C15H24N2O2/c1-11-9-14(18-3)12(2)13(15(11)19-4)10-17-7-5-16-6-8-17/h9,16H,5-8,10H2,1-4H3. The molecule has 2 rings (SSSR count). The first kappa shape index (κ1) is 14.2. The molecule has 0 radical (unpaired) electrons. The first-order valence-electron chi connectivity index (χ1n) is 6.81. The zero-order chi connectivity index (χ0) is 13.8. The van der Waals surface area contributed by atoms with Crippen molar-refractivity contribution in [1.29, 1.82) is 0 Å². The third kappa shape index (κ3) is 3.01. The van der Waals surface area contributed by atoms with Crippen LogP contribution in [0.5, 0.6) is 11.5 Å². The van der Waals surface area contributed by atoms with Gasteiger partial charge in [0.25, 0.3) is 0 Å². The lowest BCUT2D eigenvalue weighted by Gasteiger charge is -2.29. The summed E-state index contributed by atoms with van der Waals surface area (Å²) in [5.41, 5.74) is 3.57. The molecule has 0 bridgehead atoms. The molecule has 4 nitrogen and oxygen atoms in total. The van der Waals surface area contributed by atoms with E-state index in [0.717, 1.165) is 49.8 Å². The van der Waals surface area contributed by atoms with Gasteiger partial charge < -0.3 is 14.8 Å². The SMILES string of the molecule is COc1cc(C)c(OC)c(CN2CCNCC2)c1C. The van der Waals surface area contributed by atoms with Crippen molar-refractivity contribution in [3.63, 3.8) is 0 Å². The second kappa shape index (κ2) is 6.26. The largest absolute Gasteiger partial charge is 0.496 e. The Kier molecular flexibility index (Phi) is 4.66. The Morgan fingerprint density at radius 2 is 1.84 bits per heavy atom. The van der Waals surface area contributed by atoms with Gasteiger partial charge in [0, 0.05) is 38.3 Å². The highest BCUT2D eigenvalue weighted by Crippen LogP contribution is 2.34. The van der Waals surface area contributed by atoms with Crippen LogP contribution in [0.1, 0.15) is 16.7 Å². The van der Waals surface area contributed by atoms with Gasteiger partial charge in [-0.1, -0.05) is 0 Å². The summed E-state index contributed by atoms with van der Waals surface area (Å²) in [4.78, 5) is 2.46. The predicted molar refractivity (Wildman–Crippen MR) is 77.2 cm³/mol. The molecule has 1 saturated heterocycles. The molecule has 1 aliphatic heterocycles. The number of methoxy groups -OCH3 is 2. The smallest absolute Gasteiger partial charge is 0.126 e. The third-order valence-corrected chi connectivity index (χ3v) is 3.82. The van der Waals surface area contributed by atoms with Crippen molar-refractivity contribution in [2.24, 2.45) is 0 Å². The number of nitrogens with one attached hydrogen (secondary N) is 1. The monoisotopic (exact) mass is 264 g/mol. The Bertz CT molecular complexity index is 440. The molecule has 1 N–H and O–H groups in total. The predicted octanol–water partition coefficient (Wildman–Crippen LogP) is 1.73. The van der Waals surface area contributed by atoms with E-state index in [9.17, 15) is 0 Å². The van der Waals surface area contributed by atoms with E-state index in [4.69, 9.17) is 9.47 Å². The van der Waals surface area contributed by atoms with Crippen LogP contribution in [0.2, 0.25) is 0 Å². The van der Waals surface area contributed by atoms with Crippen LogP contribution >= 0.6 is 0 Å². The highest BCUT2D eigenvalue weighted by atomic mass is 16.5. The molecule has 1 aromatic carbocycles. The first-order chi connectivity index (χ1) is 9.17. The maximum absolute atomic E-state index is 5.60. The summed E-state index contributed by atoms with van der Waals surface area (Å²) < 4.78 is 11.1. The summed E-state index contributed by atoms with van der Waals surface area (Å²) in [6.07, 6.45) is 0. The molecule has 0 atom stereocenters. The number of ether oxygens (including phenoxy) is 2. The van der Waals surface area contributed by atoms with Crippen molar-refractivity contribution in [2.45, 2.75) is 20.4 Å². The lowest BCUT2D eigenvalue weighted by atomic mass is 10.0. The number of rotatable bonds is 4. The van der Waals surface area contributed by atoms with Gasteiger partial charge in [-0.25, -0.2) is 0 Å². The van der Waals surface area contributed by atoms with E-state index in [-0.39, 0.29) is 0 Å². The third-order valence-electron chi connectivity index (χ3n) is 3.82. The van der Waals surface area contributed by atoms with Gasteiger partial charge in [-0.2, -0.15) is 0 Å². The lowest BCUT2D eigenvalue weighted by Crippen LogP contribution is -2.43. The minimum Gasteiger partial charge on any atom is -0.496 e. The minimum atomic E-state index is 0.925. The van der Waals surface area contributed by atoms with E-state index < -0.39 is 0 Å². The molecule has 1 fully saturated rings. The number of piperazine rings is 1. The maximum Gasteiger partial charge on any atom is 0.126 e. The second-order valence-corrected chi connectivity index (χ2v) is 5.06. The van der Waals surface area contributed by atoms with E-state index >= 15 is 0 Å². The van der Waals surface area contributed by atoms with Gasteiger partial charge in [-0.15, -0.1) is 0 Å². The van der Waals surface area contributed by atoms with Crippen LogP contribution in [0, 0.1) is 13.8 Å². The summed E-state index contributed by atoms with van der Waals surface area (Å²) in [7, 11) is 3.47. The van der Waals surface area contributed by atoms with E-state index in [1.54, 1.807) is 14.2 Å². The van der Waals surface area contributed by atoms with Gasteiger partial charge in [-0.3, -0.25) is 4.90 Å². The summed E-state index contributed by atoms with van der Waals surface area (Å²) >= 11 is 0. The van der Waals surface area contributed by atoms with Crippen LogP contribution in [0.15, 0.2) is 6.07 Å². The normalized spacial score (nSPS) is 16.4. The van der Waals surface area contributed by atoms with E-state index in [2.05, 4.69) is 30.1 Å². The molecule has 0 spiro atoms. The van der Waals surface area contributed by atoms with Crippen molar-refractivity contribution in [3.05, 3.63) is 22.8 Å². The first-order valence-corrected chi connectivity index (χ1v) is 6.81. The Hall–Kier alpha value is -1.26. The zero-order valence-corrected chi connectivity index (χ0v) is 12.4. The molecule has 0 aromatic heterocycles. The quantitative estimate of drug-likeness (QED) is 0.898. The average molecular weight is 264 g/mol. The molecular formula is C15H24N2O2. The Morgan fingerprint density at radius 3 is 2.42 bits per heavy atom. The molecule has 1 aromatic rings. The molecule has 0 unspecified atom stereocenters. The maximum atomic E-state index is 5.60. The van der Waals surface area contributed by atoms with Crippen molar-refractivity contribution < 1.29 is 9.47 Å². The molecule has 0 amide bonds. The highest BCUT2D eigenvalue weighted by molar-refractivity contribution is 5.52. The van der Waals surface area contributed by atoms with Gasteiger partial charge in [-0.05, 0) is 31.0 Å². The fourth-order valence-corrected chi connectivity index (χ4v) is 2.71. The Balaban J connectivity index is 2.32. The zero-order valence-electron chi connectivity index (χ0n) is 12.4. The summed E-state index contributed by atoms with van der Waals surface area (Å²) in [6, 6.07) is 2.05. The molecule has 1 aliphatic rings. The number of nitrogens with zero attached hydrogens (tertiary/aromatic N) is 1. The Morgan fingerprint density at radius 1 is 1.16 bits per heavy atom. The number of hydrogen-bond donors (Lipinski definition) is 1. The number of hydrogen-bond acceptors (Lipinski definition) is 4. The fraction of sp³-hybridized carbons (Fsp3) is 0.600. The van der Waals surface area contributed by atoms with Crippen molar-refractivity contribution >= 4 is 0 Å². The van der Waals surface area contributed by atoms with Crippen molar-refractivity contribution in [3.8, 4) is 11.5 Å². The van der Waals surface area contributed by atoms with Crippen LogP contribution in [0.3, 0.4) is 0 Å². The van der Waals surface area contributed by atoms with Crippen LogP contribution < -0.4 is 14.8 Å². The van der Waals surface area contributed by atoms with Gasteiger partial charge in [0.2, 0.25) is 0 Å². The Labute approximate surface area is 115 Å². The summed E-state index contributed by atoms with van der Waals surface area (Å²) in [6.45, 7) is 9.39. The van der Waals surface area contributed by atoms with Crippen LogP contribution in [-0.4, -0.2) is 45.3 Å². The average Bonchev–Trinajstić information content (AvgIpc) is 2.44. The molecule has 19 heavy (non-hydrogen) atoms. The summed E-state index contributed by atoms with van der Waals surface area (Å²) in [5.74, 6) is 1.94. The van der Waals surface area contributed by atoms with Crippen molar-refractivity contribution in [1.82, 2.24) is 10.2 Å². The molecular weight excluding hydrogens is 240 g/mol. The molecule has 0 saturated carbocycles. The fourth-order valence-electron chi connectivity index (χ4n) is 2.71. The molecule has 0 aliphatic carbocycles. The lowest BCUT2D eigenvalue weighted by molar-refractivity contribution is 0.229. The number of aryl methyl sites for hydroxylation is 1. The van der Waals surface area contributed by atoms with E-state index in [1.807, 2.05) is 0 Å². The van der Waals surface area contributed by atoms with Crippen LogP contribution in [0.4, 0.5) is 0 Å². The van der Waals surface area contributed by atoms with Gasteiger partial charge >= 0.3 is 0 Å². The van der Waals surface area contributed by atoms with Gasteiger partial charge in [0.15, 0.2) is 0 Å². The second-order valence-electron chi connectivity index (χ2n) is 5.06. The minimum absolute atomic E-state index is 0.925. The molecule has 106 valence electrons. The topological polar surface area (TPSA) is 33.7 Å². The number of benzene rings is 1. The van der Waals surface area contributed by atoms with E-state index in [0.29, 0.717) is 0 Å². The molecule has 1 heterocycles. The van der Waals surface area contributed by atoms with Gasteiger partial charge in [0.05, 0.1) is 14.2 Å². The van der Waals surface area contributed by atoms with Gasteiger partial charge in [0.1, 0.15) is 11.5 Å². The van der Waals surface area contributed by atoms with Crippen LogP contribution in [0.25, 0.3) is 0 Å². The van der Waals surface area contributed by atoms with Crippen molar-refractivity contribution in [2.75, 3.05) is 40.4 Å². The van der Waals surface area contributed by atoms with E-state index in [1.165, 1.54) is 11.1 Å². The molecule has 4 heteroatoms. The highest BCUT2D eigenvalue weighted by Gasteiger charge is 2.18. The van der Waals surface area contributed by atoms with Crippen LogP contribution in [-0.2, 0) is 6.54 Å². The summed E-state index contributed by atoms with van der Waals surface area (Å²) in [5, 5.41) is 3.38.